The van der Waals surface area contributed by atoms with Gasteiger partial charge in [-0.2, -0.15) is 0 Å². The Labute approximate surface area is 178 Å². The van der Waals surface area contributed by atoms with Crippen molar-refractivity contribution in [3.05, 3.63) is 11.6 Å². The van der Waals surface area contributed by atoms with Gasteiger partial charge < -0.3 is 33.7 Å². The van der Waals surface area contributed by atoms with Crippen LogP contribution < -0.4 is 5.32 Å². The molecule has 31 heavy (non-hydrogen) atoms. The molecule has 0 bridgehead atoms. The average molecular weight is 443 g/mol. The Morgan fingerprint density at radius 3 is 2.10 bits per heavy atom. The van der Waals surface area contributed by atoms with Crippen LogP contribution in [0, 0.1) is 0 Å². The third kappa shape index (κ3) is 6.76. The number of cyclic esters (lactones) is 1. The summed E-state index contributed by atoms with van der Waals surface area (Å²) in [5, 5.41) is 2.55. The minimum atomic E-state index is -1.32. The second kappa shape index (κ2) is 10.4. The predicted molar refractivity (Wildman–Crippen MR) is 98.7 cm³/mol. The highest BCUT2D eigenvalue weighted by molar-refractivity contribution is 5.85. The van der Waals surface area contributed by atoms with E-state index >= 15 is 0 Å². The van der Waals surface area contributed by atoms with E-state index in [9.17, 15) is 24.0 Å². The van der Waals surface area contributed by atoms with Crippen molar-refractivity contribution < 1.29 is 52.4 Å². The van der Waals surface area contributed by atoms with Gasteiger partial charge in [0.05, 0.1) is 0 Å². The number of carbonyl (C=O) groups excluding carboxylic acids is 5. The van der Waals surface area contributed by atoms with E-state index in [4.69, 9.17) is 28.4 Å². The summed E-state index contributed by atoms with van der Waals surface area (Å²) >= 11 is 0. The maximum Gasteiger partial charge on any atom is 0.333 e. The lowest BCUT2D eigenvalue weighted by molar-refractivity contribution is -0.303. The molecule has 2 aliphatic heterocycles. The van der Waals surface area contributed by atoms with Gasteiger partial charge in [-0.05, 0) is 6.92 Å². The van der Waals surface area contributed by atoms with E-state index in [1.807, 2.05) is 0 Å². The maximum absolute atomic E-state index is 11.8. The maximum atomic E-state index is 11.8. The van der Waals surface area contributed by atoms with Crippen molar-refractivity contribution in [3.63, 3.8) is 0 Å². The minimum Gasteiger partial charge on any atom is -0.463 e. The van der Waals surface area contributed by atoms with Gasteiger partial charge in [-0.1, -0.05) is 0 Å². The Kier molecular flexibility index (Phi) is 8.11. The van der Waals surface area contributed by atoms with E-state index in [1.54, 1.807) is 6.92 Å². The van der Waals surface area contributed by atoms with E-state index in [0.717, 1.165) is 13.8 Å². The summed E-state index contributed by atoms with van der Waals surface area (Å²) in [5.41, 5.74) is 0.442. The van der Waals surface area contributed by atoms with Gasteiger partial charge in [0.1, 0.15) is 18.8 Å². The van der Waals surface area contributed by atoms with Gasteiger partial charge in [0, 0.05) is 39.3 Å². The van der Waals surface area contributed by atoms with E-state index < -0.39 is 66.7 Å². The van der Waals surface area contributed by atoms with Gasteiger partial charge in [0.15, 0.2) is 18.5 Å². The molecule has 0 aromatic rings. The van der Waals surface area contributed by atoms with Crippen LogP contribution in [0.15, 0.2) is 11.6 Å². The highest BCUT2D eigenvalue weighted by atomic mass is 16.8. The second-order valence-corrected chi connectivity index (χ2v) is 7.01. The SMILES string of the molecule is CC(=O)N[C@H]1[C@@H](O[C@H]2OC(=O)C=C2C)O[C@H](COC(C)=O)[C@@H](OC(C)=O)[C@@H]1OC(C)=O. The zero-order valence-electron chi connectivity index (χ0n) is 17.7. The fraction of sp³-hybridized carbons (Fsp3) is 0.632. The molecule has 1 fully saturated rings. The number of esters is 4. The fourth-order valence-corrected chi connectivity index (χ4v) is 3.15. The lowest BCUT2D eigenvalue weighted by Crippen LogP contribution is -2.67. The van der Waals surface area contributed by atoms with Gasteiger partial charge >= 0.3 is 23.9 Å². The van der Waals surface area contributed by atoms with Crippen LogP contribution in [-0.2, 0) is 52.4 Å². The van der Waals surface area contributed by atoms with Crippen LogP contribution in [0.2, 0.25) is 0 Å². The zero-order chi connectivity index (χ0) is 23.3. The Morgan fingerprint density at radius 2 is 1.61 bits per heavy atom. The summed E-state index contributed by atoms with van der Waals surface area (Å²) in [7, 11) is 0. The lowest BCUT2D eigenvalue weighted by atomic mass is 9.96. The lowest BCUT2D eigenvalue weighted by Gasteiger charge is -2.45. The molecule has 6 atom stereocenters. The molecule has 0 aromatic heterocycles. The Morgan fingerprint density at radius 1 is 1.00 bits per heavy atom. The van der Waals surface area contributed by atoms with Crippen molar-refractivity contribution >= 4 is 29.8 Å². The first-order valence-corrected chi connectivity index (χ1v) is 9.42. The molecular weight excluding hydrogens is 418 g/mol. The van der Waals surface area contributed by atoms with Crippen LogP contribution in [-0.4, -0.2) is 73.3 Å². The van der Waals surface area contributed by atoms with Crippen LogP contribution in [0.1, 0.15) is 34.6 Å². The van der Waals surface area contributed by atoms with Crippen molar-refractivity contribution in [2.45, 2.75) is 71.6 Å². The number of ether oxygens (including phenoxy) is 6. The van der Waals surface area contributed by atoms with Gasteiger partial charge in [0.25, 0.3) is 0 Å². The molecule has 1 amide bonds. The number of nitrogens with one attached hydrogen (secondary N) is 1. The molecule has 0 aliphatic carbocycles. The zero-order valence-corrected chi connectivity index (χ0v) is 17.7. The van der Waals surface area contributed by atoms with Gasteiger partial charge in [-0.3, -0.25) is 19.2 Å². The standard InChI is InChI=1S/C19H25NO11/c1-8-6-14(25)30-18(8)31-19-15(20-9(2)21)17(28-12(5)24)16(27-11(4)23)13(29-19)7-26-10(3)22/h6,13,15-19H,7H2,1-5H3,(H,20,21)/t13-,15-,16-,17-,18-,19-/m1/s1. The molecule has 2 aliphatic rings. The average Bonchev–Trinajstić information content (AvgIpc) is 2.94. The summed E-state index contributed by atoms with van der Waals surface area (Å²) in [5.74, 6) is -3.22. The molecule has 0 aromatic carbocycles. The molecule has 172 valence electrons. The second-order valence-electron chi connectivity index (χ2n) is 7.01. The molecule has 0 spiro atoms. The van der Waals surface area contributed by atoms with Crippen LogP contribution in [0.4, 0.5) is 0 Å². The molecular formula is C19H25NO11. The van der Waals surface area contributed by atoms with Gasteiger partial charge in [0.2, 0.25) is 12.2 Å². The molecule has 2 rings (SSSR count). The summed E-state index contributed by atoms with van der Waals surface area (Å²) in [6.07, 6.45) is -4.83. The van der Waals surface area contributed by atoms with Gasteiger partial charge in [-0.15, -0.1) is 0 Å². The number of amides is 1. The highest BCUT2D eigenvalue weighted by Crippen LogP contribution is 2.30. The Balaban J connectivity index is 2.40. The van der Waals surface area contributed by atoms with Crippen LogP contribution in [0.25, 0.3) is 0 Å². The first kappa shape index (κ1) is 24.3. The number of rotatable bonds is 7. The summed E-state index contributed by atoms with van der Waals surface area (Å²) < 4.78 is 32.2. The molecule has 0 unspecified atom stereocenters. The first-order valence-electron chi connectivity index (χ1n) is 9.42. The molecule has 1 N–H and O–H groups in total. The topological polar surface area (TPSA) is 153 Å². The monoisotopic (exact) mass is 443 g/mol. The van der Waals surface area contributed by atoms with Crippen LogP contribution >= 0.6 is 0 Å². The molecule has 12 nitrogen and oxygen atoms in total. The van der Waals surface area contributed by atoms with Crippen LogP contribution in [0.5, 0.6) is 0 Å². The Hall–Kier alpha value is -2.99. The molecule has 12 heteroatoms. The molecule has 0 radical (unpaired) electrons. The van der Waals surface area contributed by atoms with Gasteiger partial charge in [-0.25, -0.2) is 4.79 Å². The first-order chi connectivity index (χ1) is 14.5. The number of carbonyl (C=O) groups is 5. The van der Waals surface area contributed by atoms with Crippen molar-refractivity contribution in [2.24, 2.45) is 0 Å². The number of hydrogen-bond donors (Lipinski definition) is 1. The normalized spacial score (nSPS) is 30.0. The molecule has 2 heterocycles. The van der Waals surface area contributed by atoms with Crippen molar-refractivity contribution in [2.75, 3.05) is 6.61 Å². The van der Waals surface area contributed by atoms with Crippen molar-refractivity contribution in [3.8, 4) is 0 Å². The molecule has 1 saturated heterocycles. The van der Waals surface area contributed by atoms with E-state index in [-0.39, 0.29) is 6.61 Å². The van der Waals surface area contributed by atoms with E-state index in [2.05, 4.69) is 5.32 Å². The third-order valence-electron chi connectivity index (χ3n) is 4.27. The summed E-state index contributed by atoms with van der Waals surface area (Å²) in [6.45, 7) is 5.88. The fourth-order valence-electron chi connectivity index (χ4n) is 3.15. The predicted octanol–water partition coefficient (Wildman–Crippen LogP) is -0.512. The van der Waals surface area contributed by atoms with Crippen molar-refractivity contribution in [1.82, 2.24) is 5.32 Å². The quantitative estimate of drug-likeness (QED) is 0.400. The summed E-state index contributed by atoms with van der Waals surface area (Å²) in [6, 6.07) is -1.15. The Bertz CT molecular complexity index is 777. The largest absolute Gasteiger partial charge is 0.463 e. The van der Waals surface area contributed by atoms with E-state index in [1.165, 1.54) is 19.9 Å². The van der Waals surface area contributed by atoms with Crippen LogP contribution in [0.3, 0.4) is 0 Å². The minimum absolute atomic E-state index is 0.364. The number of hydrogen-bond acceptors (Lipinski definition) is 11. The third-order valence-corrected chi connectivity index (χ3v) is 4.27. The van der Waals surface area contributed by atoms with E-state index in [0.29, 0.717) is 5.57 Å². The molecule has 0 saturated carbocycles. The summed E-state index contributed by atoms with van der Waals surface area (Å²) in [4.78, 5) is 58.1. The van der Waals surface area contributed by atoms with Crippen molar-refractivity contribution in [1.29, 1.82) is 0 Å². The highest BCUT2D eigenvalue weighted by Gasteiger charge is 2.52. The smallest absolute Gasteiger partial charge is 0.333 e.